The first-order valence-electron chi connectivity index (χ1n) is 4.20. The lowest BCUT2D eigenvalue weighted by molar-refractivity contribution is 0.493. The summed E-state index contributed by atoms with van der Waals surface area (Å²) in [5.74, 6) is 1.92. The molecule has 5 nitrogen and oxygen atoms in total. The Kier molecular flexibility index (Phi) is 4.17. The van der Waals surface area contributed by atoms with Gasteiger partial charge in [0, 0.05) is 5.75 Å². The second-order valence-electron chi connectivity index (χ2n) is 2.87. The van der Waals surface area contributed by atoms with Gasteiger partial charge in [0.25, 0.3) is 0 Å². The van der Waals surface area contributed by atoms with E-state index in [4.69, 9.17) is 0 Å². The fourth-order valence-corrected chi connectivity index (χ4v) is 1.76. The molecule has 0 aliphatic heterocycles. The van der Waals surface area contributed by atoms with Crippen LogP contribution in [0.3, 0.4) is 0 Å². The molecule has 0 saturated carbocycles. The summed E-state index contributed by atoms with van der Waals surface area (Å²) < 4.78 is 1.87. The molecule has 1 N–H and O–H groups in total. The van der Waals surface area contributed by atoms with Gasteiger partial charge in [0.1, 0.15) is 0 Å². The maximum absolute atomic E-state index is 3.96. The average Bonchev–Trinajstić information content (AvgIpc) is 2.54. The summed E-state index contributed by atoms with van der Waals surface area (Å²) in [6, 6.07) is 0.355. The lowest BCUT2D eigenvalue weighted by atomic mass is 10.4. The molecule has 6 heteroatoms. The van der Waals surface area contributed by atoms with Crippen LogP contribution in [0, 0.1) is 0 Å². The van der Waals surface area contributed by atoms with E-state index < -0.39 is 0 Å². The predicted molar refractivity (Wildman–Crippen MR) is 53.7 cm³/mol. The van der Waals surface area contributed by atoms with Crippen molar-refractivity contribution >= 4 is 11.8 Å². The molecule has 13 heavy (non-hydrogen) atoms. The molecule has 74 valence electrons. The molecule has 1 heterocycles. The fraction of sp³-hybridized carbons (Fsp3) is 0.857. The van der Waals surface area contributed by atoms with Crippen LogP contribution in [-0.4, -0.2) is 39.3 Å². The fourth-order valence-electron chi connectivity index (χ4n) is 1.14. The summed E-state index contributed by atoms with van der Waals surface area (Å²) in [6.07, 6.45) is 2.08. The van der Waals surface area contributed by atoms with Gasteiger partial charge in [-0.2, -0.15) is 11.8 Å². The Labute approximate surface area is 82.3 Å². The van der Waals surface area contributed by atoms with Crippen molar-refractivity contribution in [1.29, 1.82) is 0 Å². The van der Waals surface area contributed by atoms with Crippen molar-refractivity contribution in [2.24, 2.45) is 0 Å². The van der Waals surface area contributed by atoms with Crippen molar-refractivity contribution in [3.63, 3.8) is 0 Å². The molecule has 1 aromatic heterocycles. The van der Waals surface area contributed by atoms with E-state index in [1.54, 1.807) is 11.8 Å². The number of hydrogen-bond acceptors (Lipinski definition) is 5. The van der Waals surface area contributed by atoms with Gasteiger partial charge in [-0.05, 0) is 30.7 Å². The number of hydrogen-bond donors (Lipinski definition) is 1. The van der Waals surface area contributed by atoms with Crippen LogP contribution >= 0.6 is 11.8 Å². The van der Waals surface area contributed by atoms with Crippen molar-refractivity contribution < 1.29 is 0 Å². The molecule has 0 aromatic carbocycles. The van der Waals surface area contributed by atoms with Crippen LogP contribution in [0.1, 0.15) is 18.8 Å². The summed E-state index contributed by atoms with van der Waals surface area (Å²) in [6.45, 7) is 2.83. The van der Waals surface area contributed by atoms with Gasteiger partial charge in [0.05, 0.1) is 12.6 Å². The van der Waals surface area contributed by atoms with Gasteiger partial charge in [0.2, 0.25) is 0 Å². The van der Waals surface area contributed by atoms with Crippen molar-refractivity contribution in [2.75, 3.05) is 19.1 Å². The number of rotatable bonds is 5. The first-order valence-corrected chi connectivity index (χ1v) is 5.59. The largest absolute Gasteiger partial charge is 0.313 e. The van der Waals surface area contributed by atoms with Crippen molar-refractivity contribution in [1.82, 2.24) is 25.5 Å². The summed E-state index contributed by atoms with van der Waals surface area (Å²) in [4.78, 5) is 0. The van der Waals surface area contributed by atoms with Crippen LogP contribution in [0.25, 0.3) is 0 Å². The van der Waals surface area contributed by atoms with Crippen molar-refractivity contribution in [3.8, 4) is 0 Å². The minimum atomic E-state index is 0.355. The highest BCUT2D eigenvalue weighted by Crippen LogP contribution is 2.10. The zero-order valence-electron chi connectivity index (χ0n) is 8.19. The molecule has 1 unspecified atom stereocenters. The second kappa shape index (κ2) is 5.18. The van der Waals surface area contributed by atoms with Crippen LogP contribution in [0.5, 0.6) is 0 Å². The minimum absolute atomic E-state index is 0.355. The Hall–Kier alpha value is -0.620. The van der Waals surface area contributed by atoms with Crippen molar-refractivity contribution in [3.05, 3.63) is 5.82 Å². The van der Waals surface area contributed by atoms with Crippen LogP contribution in [0.2, 0.25) is 0 Å². The summed E-state index contributed by atoms with van der Waals surface area (Å²) in [7, 11) is 1.89. The van der Waals surface area contributed by atoms with Gasteiger partial charge in [-0.3, -0.25) is 0 Å². The van der Waals surface area contributed by atoms with Gasteiger partial charge in [-0.1, -0.05) is 0 Å². The van der Waals surface area contributed by atoms with Crippen LogP contribution in [0.4, 0.5) is 0 Å². The molecule has 0 fully saturated rings. The third kappa shape index (κ3) is 2.67. The maximum atomic E-state index is 3.96. The van der Waals surface area contributed by atoms with Gasteiger partial charge in [-0.25, -0.2) is 4.68 Å². The third-order valence-electron chi connectivity index (χ3n) is 1.72. The van der Waals surface area contributed by atoms with Crippen molar-refractivity contribution in [2.45, 2.75) is 19.5 Å². The molecule has 0 bridgehead atoms. The van der Waals surface area contributed by atoms with E-state index in [-0.39, 0.29) is 0 Å². The Balaban J connectivity index is 2.68. The molecule has 1 aromatic rings. The summed E-state index contributed by atoms with van der Waals surface area (Å²) >= 11 is 1.80. The van der Waals surface area contributed by atoms with E-state index in [9.17, 15) is 0 Å². The summed E-state index contributed by atoms with van der Waals surface area (Å²) in [5.41, 5.74) is 0. The number of thioether (sulfide) groups is 1. The van der Waals surface area contributed by atoms with E-state index in [1.165, 1.54) is 0 Å². The number of aromatic nitrogens is 4. The Morgan fingerprint density at radius 3 is 3.00 bits per heavy atom. The first-order chi connectivity index (χ1) is 6.29. The molecule has 0 amide bonds. The van der Waals surface area contributed by atoms with Crippen LogP contribution in [0.15, 0.2) is 0 Å². The zero-order chi connectivity index (χ0) is 9.68. The Morgan fingerprint density at radius 1 is 1.62 bits per heavy atom. The maximum Gasteiger partial charge on any atom is 0.165 e. The summed E-state index contributed by atoms with van der Waals surface area (Å²) in [5, 5.41) is 14.6. The SMILES string of the molecule is CNCc1nnnn1C(C)CSC. The standard InChI is InChI=1S/C7H15N5S/c1-6(5-13-3)12-7(4-8-2)9-10-11-12/h6,8H,4-5H2,1-3H3. The topological polar surface area (TPSA) is 55.6 Å². The highest BCUT2D eigenvalue weighted by atomic mass is 32.2. The lowest BCUT2D eigenvalue weighted by Crippen LogP contribution is -2.17. The van der Waals surface area contributed by atoms with Crippen LogP contribution < -0.4 is 5.32 Å². The molecule has 1 rings (SSSR count). The van der Waals surface area contributed by atoms with E-state index in [0.717, 1.165) is 11.6 Å². The first kappa shape index (κ1) is 10.5. The number of nitrogens with one attached hydrogen (secondary N) is 1. The van der Waals surface area contributed by atoms with Crippen LogP contribution in [-0.2, 0) is 6.54 Å². The third-order valence-corrected chi connectivity index (χ3v) is 2.54. The molecular weight excluding hydrogens is 186 g/mol. The number of nitrogens with zero attached hydrogens (tertiary/aromatic N) is 4. The second-order valence-corrected chi connectivity index (χ2v) is 3.79. The molecule has 1 atom stereocenters. The lowest BCUT2D eigenvalue weighted by Gasteiger charge is -2.11. The molecule has 0 aliphatic carbocycles. The molecule has 0 saturated heterocycles. The van der Waals surface area contributed by atoms with E-state index >= 15 is 0 Å². The zero-order valence-corrected chi connectivity index (χ0v) is 9.01. The van der Waals surface area contributed by atoms with Gasteiger partial charge < -0.3 is 5.32 Å². The van der Waals surface area contributed by atoms with E-state index in [0.29, 0.717) is 12.6 Å². The Morgan fingerprint density at radius 2 is 2.38 bits per heavy atom. The number of tetrazole rings is 1. The molecule has 0 aliphatic rings. The molecular formula is C7H15N5S. The highest BCUT2D eigenvalue weighted by Gasteiger charge is 2.10. The van der Waals surface area contributed by atoms with E-state index in [1.807, 2.05) is 11.7 Å². The Bertz CT molecular complexity index is 249. The minimum Gasteiger partial charge on any atom is -0.313 e. The van der Waals surface area contributed by atoms with Gasteiger partial charge in [0.15, 0.2) is 5.82 Å². The van der Waals surface area contributed by atoms with Gasteiger partial charge >= 0.3 is 0 Å². The average molecular weight is 201 g/mol. The molecule has 0 radical (unpaired) electrons. The predicted octanol–water partition coefficient (Wildman–Crippen LogP) is 0.316. The monoisotopic (exact) mass is 201 g/mol. The van der Waals surface area contributed by atoms with Gasteiger partial charge in [-0.15, -0.1) is 5.10 Å². The normalized spacial score (nSPS) is 13.2. The highest BCUT2D eigenvalue weighted by molar-refractivity contribution is 7.98. The smallest absolute Gasteiger partial charge is 0.165 e. The molecule has 0 spiro atoms. The quantitative estimate of drug-likeness (QED) is 0.743. The van der Waals surface area contributed by atoms with E-state index in [2.05, 4.69) is 34.0 Å².